The lowest BCUT2D eigenvalue weighted by Gasteiger charge is -2.28. The molecule has 0 saturated heterocycles. The van der Waals surface area contributed by atoms with Crippen LogP contribution in [0.4, 0.5) is 14.5 Å². The SMILES string of the molecule is O=C(Nc1cc(F)cc(F)c1)c1cccc(S(=O)(=O)N2CCc3ccccc3C2)c1. The Morgan fingerprint density at radius 1 is 0.900 bits per heavy atom. The number of nitrogens with one attached hydrogen (secondary N) is 1. The summed E-state index contributed by atoms with van der Waals surface area (Å²) in [6, 6.07) is 15.9. The third kappa shape index (κ3) is 4.10. The summed E-state index contributed by atoms with van der Waals surface area (Å²) in [6.07, 6.45) is 0.612. The van der Waals surface area contributed by atoms with Crippen LogP contribution in [0.5, 0.6) is 0 Å². The summed E-state index contributed by atoms with van der Waals surface area (Å²) in [4.78, 5) is 12.5. The molecule has 0 aliphatic carbocycles. The highest BCUT2D eigenvalue weighted by Crippen LogP contribution is 2.25. The molecule has 4 rings (SSSR count). The van der Waals surface area contributed by atoms with Crippen molar-refractivity contribution in [2.45, 2.75) is 17.9 Å². The maximum atomic E-state index is 13.3. The van der Waals surface area contributed by atoms with Crippen LogP contribution in [0.2, 0.25) is 0 Å². The van der Waals surface area contributed by atoms with Crippen LogP contribution in [-0.2, 0) is 23.0 Å². The van der Waals surface area contributed by atoms with Gasteiger partial charge in [0.1, 0.15) is 11.6 Å². The normalized spacial score (nSPS) is 14.2. The fourth-order valence-corrected chi connectivity index (χ4v) is 4.92. The number of fused-ring (bicyclic) bond motifs is 1. The number of sulfonamides is 1. The molecule has 0 unspecified atom stereocenters. The molecule has 0 bridgehead atoms. The van der Waals surface area contributed by atoms with E-state index >= 15 is 0 Å². The first-order valence-corrected chi connectivity index (χ1v) is 10.7. The van der Waals surface area contributed by atoms with Gasteiger partial charge in [-0.25, -0.2) is 17.2 Å². The fourth-order valence-electron chi connectivity index (χ4n) is 3.45. The zero-order valence-corrected chi connectivity index (χ0v) is 16.6. The van der Waals surface area contributed by atoms with Crippen LogP contribution in [0.15, 0.2) is 71.6 Å². The second kappa shape index (κ2) is 7.97. The van der Waals surface area contributed by atoms with Crippen molar-refractivity contribution in [3.63, 3.8) is 0 Å². The molecule has 3 aromatic carbocycles. The minimum absolute atomic E-state index is 0.0139. The molecule has 0 saturated carbocycles. The van der Waals surface area contributed by atoms with Crippen LogP contribution in [0.1, 0.15) is 21.5 Å². The van der Waals surface area contributed by atoms with Gasteiger partial charge in [-0.15, -0.1) is 0 Å². The van der Waals surface area contributed by atoms with Crippen LogP contribution < -0.4 is 5.32 Å². The number of amides is 1. The first-order valence-electron chi connectivity index (χ1n) is 9.27. The van der Waals surface area contributed by atoms with Gasteiger partial charge in [0.2, 0.25) is 10.0 Å². The van der Waals surface area contributed by atoms with Gasteiger partial charge >= 0.3 is 0 Å². The van der Waals surface area contributed by atoms with E-state index < -0.39 is 27.6 Å². The second-order valence-electron chi connectivity index (χ2n) is 7.00. The molecule has 1 N–H and O–H groups in total. The molecule has 1 aliphatic rings. The van der Waals surface area contributed by atoms with E-state index in [0.29, 0.717) is 19.0 Å². The number of benzene rings is 3. The standard InChI is InChI=1S/C22H18F2N2O3S/c23-18-11-19(24)13-20(12-18)25-22(27)16-6-3-7-21(10-16)30(28,29)26-9-8-15-4-1-2-5-17(15)14-26/h1-7,10-13H,8-9,14H2,(H,25,27). The van der Waals surface area contributed by atoms with Crippen LogP contribution in [-0.4, -0.2) is 25.2 Å². The van der Waals surface area contributed by atoms with Crippen molar-refractivity contribution in [1.82, 2.24) is 4.31 Å². The Bertz CT molecular complexity index is 1210. The van der Waals surface area contributed by atoms with Crippen molar-refractivity contribution in [2.75, 3.05) is 11.9 Å². The topological polar surface area (TPSA) is 66.5 Å². The van der Waals surface area contributed by atoms with Gasteiger partial charge in [-0.2, -0.15) is 4.31 Å². The van der Waals surface area contributed by atoms with Crippen LogP contribution in [0.3, 0.4) is 0 Å². The first-order chi connectivity index (χ1) is 14.3. The molecule has 0 radical (unpaired) electrons. The molecular weight excluding hydrogens is 410 g/mol. The summed E-state index contributed by atoms with van der Waals surface area (Å²) >= 11 is 0. The zero-order chi connectivity index (χ0) is 21.3. The zero-order valence-electron chi connectivity index (χ0n) is 15.8. The maximum absolute atomic E-state index is 13.3. The minimum atomic E-state index is -3.81. The number of halogens is 2. The molecule has 154 valence electrons. The van der Waals surface area contributed by atoms with Gasteiger partial charge < -0.3 is 5.32 Å². The van der Waals surface area contributed by atoms with E-state index in [2.05, 4.69) is 5.32 Å². The smallest absolute Gasteiger partial charge is 0.255 e. The van der Waals surface area contributed by atoms with E-state index in [1.807, 2.05) is 24.3 Å². The Kier molecular flexibility index (Phi) is 5.36. The molecule has 0 spiro atoms. The molecule has 1 heterocycles. The Labute approximate surface area is 173 Å². The third-order valence-electron chi connectivity index (χ3n) is 4.95. The summed E-state index contributed by atoms with van der Waals surface area (Å²) in [5.74, 6) is -2.32. The lowest BCUT2D eigenvalue weighted by molar-refractivity contribution is 0.102. The quantitative estimate of drug-likeness (QED) is 0.684. The van der Waals surface area contributed by atoms with Gasteiger partial charge in [0, 0.05) is 30.4 Å². The van der Waals surface area contributed by atoms with Gasteiger partial charge in [-0.3, -0.25) is 4.79 Å². The van der Waals surface area contributed by atoms with E-state index in [4.69, 9.17) is 0 Å². The summed E-state index contributed by atoms with van der Waals surface area (Å²) in [5, 5.41) is 2.38. The van der Waals surface area contributed by atoms with Crippen molar-refractivity contribution in [3.05, 3.63) is 95.1 Å². The van der Waals surface area contributed by atoms with Gasteiger partial charge in [0.15, 0.2) is 0 Å². The van der Waals surface area contributed by atoms with E-state index in [0.717, 1.165) is 23.3 Å². The van der Waals surface area contributed by atoms with Crippen molar-refractivity contribution in [3.8, 4) is 0 Å². The molecular formula is C22H18F2N2O3S. The van der Waals surface area contributed by atoms with Gasteiger partial charge in [-0.1, -0.05) is 30.3 Å². The van der Waals surface area contributed by atoms with E-state index in [1.165, 1.54) is 28.6 Å². The van der Waals surface area contributed by atoms with Crippen LogP contribution in [0, 0.1) is 11.6 Å². The fraction of sp³-hybridized carbons (Fsp3) is 0.136. The van der Waals surface area contributed by atoms with E-state index in [1.54, 1.807) is 0 Å². The molecule has 1 amide bonds. The predicted molar refractivity (Wildman–Crippen MR) is 108 cm³/mol. The van der Waals surface area contributed by atoms with Crippen molar-refractivity contribution >= 4 is 21.6 Å². The number of carbonyl (C=O) groups excluding carboxylic acids is 1. The number of nitrogens with zero attached hydrogens (tertiary/aromatic N) is 1. The lowest BCUT2D eigenvalue weighted by atomic mass is 10.0. The largest absolute Gasteiger partial charge is 0.322 e. The monoisotopic (exact) mass is 428 g/mol. The molecule has 30 heavy (non-hydrogen) atoms. The summed E-state index contributed by atoms with van der Waals surface area (Å²) < 4.78 is 54.3. The number of rotatable bonds is 4. The van der Waals surface area contributed by atoms with Crippen LogP contribution >= 0.6 is 0 Å². The Hall–Kier alpha value is -3.10. The number of hydrogen-bond donors (Lipinski definition) is 1. The van der Waals surface area contributed by atoms with Crippen LogP contribution in [0.25, 0.3) is 0 Å². The Balaban J connectivity index is 1.57. The van der Waals surface area contributed by atoms with Gasteiger partial charge in [-0.05, 0) is 47.9 Å². The number of hydrogen-bond acceptors (Lipinski definition) is 3. The summed E-state index contributed by atoms with van der Waals surface area (Å²) in [7, 11) is -3.81. The Morgan fingerprint density at radius 2 is 1.60 bits per heavy atom. The highest BCUT2D eigenvalue weighted by atomic mass is 32.2. The van der Waals surface area contributed by atoms with Crippen molar-refractivity contribution in [1.29, 1.82) is 0 Å². The van der Waals surface area contributed by atoms with Crippen molar-refractivity contribution in [2.24, 2.45) is 0 Å². The van der Waals surface area contributed by atoms with E-state index in [-0.39, 0.29) is 22.7 Å². The number of anilines is 1. The highest BCUT2D eigenvalue weighted by molar-refractivity contribution is 7.89. The first kappa shape index (κ1) is 20.2. The summed E-state index contributed by atoms with van der Waals surface area (Å²) in [5.41, 5.74) is 2.09. The van der Waals surface area contributed by atoms with Crippen molar-refractivity contribution < 1.29 is 22.0 Å². The highest BCUT2D eigenvalue weighted by Gasteiger charge is 2.28. The molecule has 0 fully saturated rings. The predicted octanol–water partition coefficient (Wildman–Crippen LogP) is 3.96. The number of carbonyl (C=O) groups is 1. The molecule has 8 heteroatoms. The average molecular weight is 428 g/mol. The molecule has 1 aliphatic heterocycles. The molecule has 5 nitrogen and oxygen atoms in total. The lowest BCUT2D eigenvalue weighted by Crippen LogP contribution is -2.36. The summed E-state index contributed by atoms with van der Waals surface area (Å²) in [6.45, 7) is 0.607. The molecule has 0 aromatic heterocycles. The van der Waals surface area contributed by atoms with E-state index in [9.17, 15) is 22.0 Å². The maximum Gasteiger partial charge on any atom is 0.255 e. The third-order valence-corrected chi connectivity index (χ3v) is 6.79. The van der Waals surface area contributed by atoms with Gasteiger partial charge in [0.25, 0.3) is 5.91 Å². The Morgan fingerprint density at radius 3 is 2.33 bits per heavy atom. The molecule has 0 atom stereocenters. The van der Waals surface area contributed by atoms with Gasteiger partial charge in [0.05, 0.1) is 4.90 Å². The molecule has 3 aromatic rings. The minimum Gasteiger partial charge on any atom is -0.322 e. The average Bonchev–Trinajstić information content (AvgIpc) is 2.72. The second-order valence-corrected chi connectivity index (χ2v) is 8.94.